The van der Waals surface area contributed by atoms with Gasteiger partial charge in [-0.15, -0.1) is 0 Å². The largest absolute Gasteiger partial charge is 0.404 e. The van der Waals surface area contributed by atoms with Crippen LogP contribution in [0.3, 0.4) is 0 Å². The third-order valence-corrected chi connectivity index (χ3v) is 6.79. The molecule has 1 saturated carbocycles. The van der Waals surface area contributed by atoms with Crippen molar-refractivity contribution < 1.29 is 0 Å². The molecule has 0 radical (unpaired) electrons. The number of nitrogens with one attached hydrogen (secondary N) is 1. The van der Waals surface area contributed by atoms with Crippen LogP contribution in [0.5, 0.6) is 0 Å². The number of aromatic nitrogens is 5. The van der Waals surface area contributed by atoms with E-state index < -0.39 is 0 Å². The van der Waals surface area contributed by atoms with Crippen molar-refractivity contribution in [2.24, 2.45) is 11.5 Å². The highest BCUT2D eigenvalue weighted by molar-refractivity contribution is 8.03. The first-order valence-electron chi connectivity index (χ1n) is 10.2. The van der Waals surface area contributed by atoms with E-state index in [2.05, 4.69) is 26.4 Å². The van der Waals surface area contributed by atoms with E-state index in [0.717, 1.165) is 64.8 Å². The third kappa shape index (κ3) is 4.00. The number of hydrogen-bond donors (Lipinski definition) is 3. The lowest BCUT2D eigenvalue weighted by molar-refractivity contribution is 0.751. The molecule has 0 bridgehead atoms. The maximum Gasteiger partial charge on any atom is 0.196 e. The van der Waals surface area contributed by atoms with E-state index in [1.54, 1.807) is 12.4 Å². The maximum absolute atomic E-state index is 6.79. The Kier molecular flexibility index (Phi) is 5.33. The van der Waals surface area contributed by atoms with Crippen molar-refractivity contribution in [3.8, 4) is 0 Å². The van der Waals surface area contributed by atoms with Crippen LogP contribution in [0, 0.1) is 0 Å². The Morgan fingerprint density at radius 2 is 2.06 bits per heavy atom. The lowest BCUT2D eigenvalue weighted by Crippen LogP contribution is -2.29. The van der Waals surface area contributed by atoms with Crippen molar-refractivity contribution in [3.05, 3.63) is 44.9 Å². The van der Waals surface area contributed by atoms with Gasteiger partial charge >= 0.3 is 0 Å². The summed E-state index contributed by atoms with van der Waals surface area (Å²) in [7, 11) is 0. The first-order valence-corrected chi connectivity index (χ1v) is 11.4. The van der Waals surface area contributed by atoms with Crippen LogP contribution in [0.25, 0.3) is 23.7 Å². The number of allylic oxidation sites excluding steroid dienone is 1. The lowest BCUT2D eigenvalue weighted by atomic mass is 10.2. The quantitative estimate of drug-likeness (QED) is 0.392. The number of nitrogens with two attached hydrogens (primary N) is 2. The Labute approximate surface area is 188 Å². The second-order valence-corrected chi connectivity index (χ2v) is 9.30. The van der Waals surface area contributed by atoms with Gasteiger partial charge in [0, 0.05) is 54.2 Å². The van der Waals surface area contributed by atoms with Crippen LogP contribution >= 0.6 is 23.4 Å². The molecular weight excluding hydrogens is 432 g/mol. The van der Waals surface area contributed by atoms with Crippen LogP contribution in [0.4, 0.5) is 5.82 Å². The molecule has 1 aliphatic heterocycles. The fourth-order valence-electron chi connectivity index (χ4n) is 3.80. The van der Waals surface area contributed by atoms with Crippen molar-refractivity contribution in [1.29, 1.82) is 0 Å². The molecule has 4 heterocycles. The van der Waals surface area contributed by atoms with Gasteiger partial charge in [-0.3, -0.25) is 9.97 Å². The molecule has 2 aliphatic rings. The van der Waals surface area contributed by atoms with Crippen molar-refractivity contribution in [1.82, 2.24) is 24.9 Å². The maximum atomic E-state index is 6.79. The van der Waals surface area contributed by atoms with Crippen LogP contribution in [0.15, 0.2) is 28.7 Å². The molecule has 10 heteroatoms. The molecule has 3 aromatic rings. The van der Waals surface area contributed by atoms with Crippen LogP contribution in [-0.4, -0.2) is 44.1 Å². The van der Waals surface area contributed by atoms with Crippen molar-refractivity contribution in [2.75, 3.05) is 18.0 Å². The average molecular weight is 455 g/mol. The predicted molar refractivity (Wildman–Crippen MR) is 125 cm³/mol. The molecule has 5 rings (SSSR count). The second-order valence-electron chi connectivity index (χ2n) is 7.88. The summed E-state index contributed by atoms with van der Waals surface area (Å²) in [6.45, 7) is 5.50. The number of fused-ring (bicyclic) bond motifs is 1. The van der Waals surface area contributed by atoms with Gasteiger partial charge in [0.1, 0.15) is 11.5 Å². The smallest absolute Gasteiger partial charge is 0.196 e. The summed E-state index contributed by atoms with van der Waals surface area (Å²) in [5.41, 5.74) is 13.9. The zero-order chi connectivity index (χ0) is 21.5. The molecule has 0 amide bonds. The lowest BCUT2D eigenvalue weighted by Gasteiger charge is -2.18. The number of hydrogen-bond acceptors (Lipinski definition) is 8. The minimum atomic E-state index is 0.127. The zero-order valence-electron chi connectivity index (χ0n) is 16.9. The molecule has 0 aromatic carbocycles. The highest BCUT2D eigenvalue weighted by Gasteiger charge is 2.32. The fourth-order valence-corrected chi connectivity index (χ4v) is 4.89. The Balaban J connectivity index is 1.58. The van der Waals surface area contributed by atoms with Crippen molar-refractivity contribution in [2.45, 2.75) is 36.4 Å². The van der Waals surface area contributed by atoms with E-state index in [9.17, 15) is 0 Å². The molecule has 1 aliphatic carbocycles. The summed E-state index contributed by atoms with van der Waals surface area (Å²) in [4.78, 5) is 24.5. The average Bonchev–Trinajstić information content (AvgIpc) is 3.43. The standard InChI is InChI=1S/C21H23ClN8S/c1-11-15(26-6-5-25-11)8-14(9-23)31-21-28-19-16(17(22)18(27-19)12-2-3-12)20(29-21)30-7-4-13(24)10-30/h5-6,8-9,12-13H,1-4,7,10,23-24H2,(H,27,28,29)/b14-9+,15-8+/t13-/m1/s1. The Morgan fingerprint density at radius 3 is 2.74 bits per heavy atom. The summed E-state index contributed by atoms with van der Waals surface area (Å²) in [5, 5.41) is 3.41. The molecule has 160 valence electrons. The van der Waals surface area contributed by atoms with Crippen LogP contribution in [-0.2, 0) is 0 Å². The van der Waals surface area contributed by atoms with Crippen LogP contribution in [0.1, 0.15) is 30.9 Å². The molecule has 8 nitrogen and oxygen atoms in total. The van der Waals surface area contributed by atoms with E-state index in [1.165, 1.54) is 18.0 Å². The molecule has 2 fully saturated rings. The number of nitrogens with zero attached hydrogens (tertiary/aromatic N) is 5. The summed E-state index contributed by atoms with van der Waals surface area (Å²) in [6.07, 6.45) is 9.78. The topological polar surface area (TPSA) is 123 Å². The van der Waals surface area contributed by atoms with E-state index >= 15 is 0 Å². The van der Waals surface area contributed by atoms with Gasteiger partial charge in [0.15, 0.2) is 5.16 Å². The highest BCUT2D eigenvalue weighted by atomic mass is 35.5. The molecule has 1 atom stereocenters. The van der Waals surface area contributed by atoms with Gasteiger partial charge in [0.05, 0.1) is 21.1 Å². The van der Waals surface area contributed by atoms with Crippen LogP contribution in [0.2, 0.25) is 5.02 Å². The normalized spacial score (nSPS) is 20.2. The third-order valence-electron chi connectivity index (χ3n) is 5.55. The Hall–Kier alpha value is -2.62. The van der Waals surface area contributed by atoms with Crippen molar-refractivity contribution >= 4 is 52.9 Å². The summed E-state index contributed by atoms with van der Waals surface area (Å²) < 4.78 is 0. The second kappa shape index (κ2) is 8.14. The summed E-state index contributed by atoms with van der Waals surface area (Å²) >= 11 is 8.15. The fraction of sp³-hybridized carbons (Fsp3) is 0.333. The predicted octanol–water partition coefficient (Wildman–Crippen LogP) is 1.60. The molecule has 0 spiro atoms. The van der Waals surface area contributed by atoms with E-state index in [1.807, 2.05) is 6.08 Å². The molecule has 3 aromatic heterocycles. The van der Waals surface area contributed by atoms with Gasteiger partial charge in [-0.2, -0.15) is 0 Å². The number of halogens is 1. The van der Waals surface area contributed by atoms with Gasteiger partial charge in [-0.1, -0.05) is 18.2 Å². The molecule has 5 N–H and O–H groups in total. The Bertz CT molecular complexity index is 1280. The summed E-state index contributed by atoms with van der Waals surface area (Å²) in [6, 6.07) is 0.127. The minimum Gasteiger partial charge on any atom is -0.404 e. The molecule has 31 heavy (non-hydrogen) atoms. The number of H-pyrrole nitrogens is 1. The van der Waals surface area contributed by atoms with Gasteiger partial charge in [-0.25, -0.2) is 9.97 Å². The van der Waals surface area contributed by atoms with Crippen LogP contribution < -0.4 is 27.1 Å². The first-order chi connectivity index (χ1) is 15.0. The van der Waals surface area contributed by atoms with Gasteiger partial charge < -0.3 is 21.4 Å². The molecular formula is C21H23ClN8S. The molecule has 0 unspecified atom stereocenters. The van der Waals surface area contributed by atoms with E-state index in [4.69, 9.17) is 33.0 Å². The SMILES string of the molecule is C=c1nccn/c1=C/C(=C\N)Sc1nc(N2CC[C@@H](N)C2)c2c(Cl)c(C3CC3)[nH]c2n1. The minimum absolute atomic E-state index is 0.127. The van der Waals surface area contributed by atoms with E-state index in [0.29, 0.717) is 21.8 Å². The van der Waals surface area contributed by atoms with Crippen molar-refractivity contribution in [3.63, 3.8) is 0 Å². The Morgan fingerprint density at radius 1 is 1.26 bits per heavy atom. The number of thioether (sulfide) groups is 1. The number of anilines is 1. The zero-order valence-corrected chi connectivity index (χ0v) is 18.5. The monoisotopic (exact) mass is 454 g/mol. The number of aromatic amines is 1. The van der Waals surface area contributed by atoms with Gasteiger partial charge in [0.2, 0.25) is 0 Å². The number of rotatable bonds is 5. The van der Waals surface area contributed by atoms with Gasteiger partial charge in [-0.05, 0) is 37.1 Å². The highest BCUT2D eigenvalue weighted by Crippen LogP contribution is 2.47. The summed E-state index contributed by atoms with van der Waals surface area (Å²) in [5.74, 6) is 1.30. The van der Waals surface area contributed by atoms with Gasteiger partial charge in [0.25, 0.3) is 0 Å². The van der Waals surface area contributed by atoms with E-state index in [-0.39, 0.29) is 6.04 Å². The first kappa shape index (κ1) is 20.3. The molecule has 1 saturated heterocycles.